The average Bonchev–Trinajstić information content (AvgIpc) is 2.86. The topological polar surface area (TPSA) is 92.8 Å². The van der Waals surface area contributed by atoms with Gasteiger partial charge in [0.1, 0.15) is 0 Å². The molecule has 124 valence electrons. The third-order valence-electron chi connectivity index (χ3n) is 4.12. The number of carbonyl (C=O) groups excluding carboxylic acids is 2. The Labute approximate surface area is 134 Å². The Morgan fingerprint density at radius 3 is 2.87 bits per heavy atom. The number of anilines is 1. The number of ether oxygens (including phenoxy) is 1. The monoisotopic (exact) mass is 338 g/mol. The van der Waals surface area contributed by atoms with Crippen LogP contribution in [0.3, 0.4) is 0 Å². The van der Waals surface area contributed by atoms with Gasteiger partial charge in [-0.05, 0) is 25.5 Å². The first-order chi connectivity index (χ1) is 10.9. The van der Waals surface area contributed by atoms with Crippen molar-refractivity contribution in [2.75, 3.05) is 30.0 Å². The van der Waals surface area contributed by atoms with E-state index in [2.05, 4.69) is 5.32 Å². The third kappa shape index (κ3) is 3.03. The van der Waals surface area contributed by atoms with Gasteiger partial charge >= 0.3 is 0 Å². The Balaban J connectivity index is 1.90. The highest BCUT2D eigenvalue weighted by Gasteiger charge is 2.35. The maximum Gasteiger partial charge on any atom is 0.262 e. The second-order valence-corrected chi connectivity index (χ2v) is 7.90. The summed E-state index contributed by atoms with van der Waals surface area (Å²) in [5.41, 5.74) is 0.802. The normalized spacial score (nSPS) is 22.0. The molecule has 1 fully saturated rings. The SMILES string of the molecule is CCN(C(=O)c1cccc2c1OCC(=O)N2)C1CCS(=O)(=O)C1. The van der Waals surface area contributed by atoms with Gasteiger partial charge in [0.2, 0.25) is 0 Å². The highest BCUT2D eigenvalue weighted by Crippen LogP contribution is 2.33. The number of benzene rings is 1. The number of hydrogen-bond donors (Lipinski definition) is 1. The number of sulfone groups is 1. The number of fused-ring (bicyclic) bond motifs is 1. The summed E-state index contributed by atoms with van der Waals surface area (Å²) >= 11 is 0. The summed E-state index contributed by atoms with van der Waals surface area (Å²) in [6.07, 6.45) is 0.453. The van der Waals surface area contributed by atoms with Crippen LogP contribution in [0.5, 0.6) is 5.75 Å². The molecule has 7 nitrogen and oxygen atoms in total. The number of para-hydroxylation sites is 1. The molecule has 1 aromatic rings. The summed E-state index contributed by atoms with van der Waals surface area (Å²) < 4.78 is 28.8. The minimum absolute atomic E-state index is 0.000797. The van der Waals surface area contributed by atoms with Gasteiger partial charge in [0, 0.05) is 12.6 Å². The lowest BCUT2D eigenvalue weighted by molar-refractivity contribution is -0.118. The number of nitrogens with zero attached hydrogens (tertiary/aromatic N) is 1. The van der Waals surface area contributed by atoms with Gasteiger partial charge in [-0.15, -0.1) is 0 Å². The second kappa shape index (κ2) is 5.84. The lowest BCUT2D eigenvalue weighted by atomic mass is 10.1. The van der Waals surface area contributed by atoms with Gasteiger partial charge in [0.25, 0.3) is 11.8 Å². The van der Waals surface area contributed by atoms with Gasteiger partial charge in [0.15, 0.2) is 22.2 Å². The van der Waals surface area contributed by atoms with E-state index >= 15 is 0 Å². The first-order valence-electron chi connectivity index (χ1n) is 7.48. The van der Waals surface area contributed by atoms with Gasteiger partial charge in [-0.3, -0.25) is 9.59 Å². The van der Waals surface area contributed by atoms with Crippen molar-refractivity contribution in [2.24, 2.45) is 0 Å². The Hall–Kier alpha value is -2.09. The molecular weight excluding hydrogens is 320 g/mol. The van der Waals surface area contributed by atoms with E-state index in [4.69, 9.17) is 4.74 Å². The Morgan fingerprint density at radius 1 is 1.43 bits per heavy atom. The van der Waals surface area contributed by atoms with Crippen LogP contribution in [0.1, 0.15) is 23.7 Å². The predicted molar refractivity (Wildman–Crippen MR) is 84.3 cm³/mol. The molecule has 0 spiro atoms. The number of amides is 2. The van der Waals surface area contributed by atoms with E-state index in [-0.39, 0.29) is 36.0 Å². The number of rotatable bonds is 3. The molecule has 1 unspecified atom stereocenters. The highest BCUT2D eigenvalue weighted by molar-refractivity contribution is 7.91. The zero-order valence-corrected chi connectivity index (χ0v) is 13.6. The van der Waals surface area contributed by atoms with Crippen LogP contribution in [0.15, 0.2) is 18.2 Å². The van der Waals surface area contributed by atoms with Crippen molar-refractivity contribution in [3.8, 4) is 5.75 Å². The van der Waals surface area contributed by atoms with E-state index < -0.39 is 9.84 Å². The van der Waals surface area contributed by atoms with Crippen molar-refractivity contribution in [3.05, 3.63) is 23.8 Å². The summed E-state index contributed by atoms with van der Waals surface area (Å²) in [7, 11) is -3.07. The Morgan fingerprint density at radius 2 is 2.22 bits per heavy atom. The van der Waals surface area contributed by atoms with Crippen LogP contribution in [-0.2, 0) is 14.6 Å². The quantitative estimate of drug-likeness (QED) is 0.874. The van der Waals surface area contributed by atoms with Crippen molar-refractivity contribution in [3.63, 3.8) is 0 Å². The molecule has 2 amide bonds. The molecule has 0 aliphatic carbocycles. The van der Waals surface area contributed by atoms with E-state index in [1.165, 1.54) is 0 Å². The van der Waals surface area contributed by atoms with Gasteiger partial charge in [0.05, 0.1) is 22.8 Å². The van der Waals surface area contributed by atoms with Gasteiger partial charge in [-0.25, -0.2) is 8.42 Å². The minimum atomic E-state index is -3.07. The van der Waals surface area contributed by atoms with Crippen LogP contribution in [0.25, 0.3) is 0 Å². The maximum atomic E-state index is 12.9. The van der Waals surface area contributed by atoms with Crippen LogP contribution in [0.4, 0.5) is 5.69 Å². The first kappa shape index (κ1) is 15.8. The van der Waals surface area contributed by atoms with E-state index in [1.54, 1.807) is 23.1 Å². The molecule has 23 heavy (non-hydrogen) atoms. The van der Waals surface area contributed by atoms with Crippen molar-refractivity contribution >= 4 is 27.3 Å². The highest BCUT2D eigenvalue weighted by atomic mass is 32.2. The van der Waals surface area contributed by atoms with Crippen LogP contribution < -0.4 is 10.1 Å². The fraction of sp³-hybridized carbons (Fsp3) is 0.467. The summed E-state index contributed by atoms with van der Waals surface area (Å²) in [5.74, 6) is -0.0876. The lowest BCUT2D eigenvalue weighted by Gasteiger charge is -2.28. The minimum Gasteiger partial charge on any atom is -0.481 e. The molecule has 0 radical (unpaired) electrons. The van der Waals surface area contributed by atoms with Crippen LogP contribution in [0.2, 0.25) is 0 Å². The zero-order valence-electron chi connectivity index (χ0n) is 12.7. The molecule has 2 aliphatic rings. The summed E-state index contributed by atoms with van der Waals surface area (Å²) in [6, 6.07) is 4.65. The zero-order chi connectivity index (χ0) is 16.6. The molecule has 3 rings (SSSR count). The molecule has 0 aromatic heterocycles. The molecule has 1 N–H and O–H groups in total. The molecular formula is C15H18N2O5S. The number of nitrogens with one attached hydrogen (secondary N) is 1. The fourth-order valence-electron chi connectivity index (χ4n) is 3.03. The van der Waals surface area contributed by atoms with Gasteiger partial charge in [-0.2, -0.15) is 0 Å². The molecule has 1 saturated heterocycles. The number of hydrogen-bond acceptors (Lipinski definition) is 5. The van der Waals surface area contributed by atoms with Crippen LogP contribution >= 0.6 is 0 Å². The number of carbonyl (C=O) groups is 2. The van der Waals surface area contributed by atoms with Crippen molar-refractivity contribution in [1.82, 2.24) is 4.90 Å². The van der Waals surface area contributed by atoms with Crippen molar-refractivity contribution < 1.29 is 22.7 Å². The third-order valence-corrected chi connectivity index (χ3v) is 5.87. The molecule has 0 saturated carbocycles. The largest absolute Gasteiger partial charge is 0.481 e. The Kier molecular flexibility index (Phi) is 4.01. The standard InChI is InChI=1S/C15H18N2O5S/c1-2-17(10-6-7-23(20,21)9-10)15(19)11-4-3-5-12-14(11)22-8-13(18)16-12/h3-5,10H,2,6-9H2,1H3,(H,16,18). The van der Waals surface area contributed by atoms with Crippen LogP contribution in [0, 0.1) is 0 Å². The van der Waals surface area contributed by atoms with Crippen LogP contribution in [-0.4, -0.2) is 55.8 Å². The molecule has 1 atom stereocenters. The maximum absolute atomic E-state index is 12.9. The predicted octanol–water partition coefficient (Wildman–Crippen LogP) is 0.667. The molecule has 1 aromatic carbocycles. The smallest absolute Gasteiger partial charge is 0.262 e. The van der Waals surface area contributed by atoms with Crippen molar-refractivity contribution in [1.29, 1.82) is 0 Å². The molecule has 2 heterocycles. The van der Waals surface area contributed by atoms with E-state index in [9.17, 15) is 18.0 Å². The van der Waals surface area contributed by atoms with E-state index in [1.807, 2.05) is 6.92 Å². The molecule has 0 bridgehead atoms. The molecule has 8 heteroatoms. The Bertz CT molecular complexity index is 759. The molecule has 2 aliphatic heterocycles. The lowest BCUT2D eigenvalue weighted by Crippen LogP contribution is -2.41. The van der Waals surface area contributed by atoms with Gasteiger partial charge < -0.3 is 15.0 Å². The van der Waals surface area contributed by atoms with Crippen molar-refractivity contribution in [2.45, 2.75) is 19.4 Å². The summed E-state index contributed by atoms with van der Waals surface area (Å²) in [6.45, 7) is 2.09. The first-order valence-corrected chi connectivity index (χ1v) is 9.30. The van der Waals surface area contributed by atoms with Gasteiger partial charge in [-0.1, -0.05) is 6.07 Å². The summed E-state index contributed by atoms with van der Waals surface area (Å²) in [5, 5.41) is 2.66. The van der Waals surface area contributed by atoms with E-state index in [0.717, 1.165) is 0 Å². The average molecular weight is 338 g/mol. The van der Waals surface area contributed by atoms with E-state index in [0.29, 0.717) is 30.0 Å². The second-order valence-electron chi connectivity index (χ2n) is 5.67. The summed E-state index contributed by atoms with van der Waals surface area (Å²) in [4.78, 5) is 25.8. The fourth-order valence-corrected chi connectivity index (χ4v) is 4.76.